The van der Waals surface area contributed by atoms with Gasteiger partial charge in [0.15, 0.2) is 17.2 Å². The van der Waals surface area contributed by atoms with E-state index in [1.54, 1.807) is 0 Å². The van der Waals surface area contributed by atoms with Gasteiger partial charge in [-0.1, -0.05) is 0 Å². The van der Waals surface area contributed by atoms with E-state index in [0.29, 0.717) is 42.5 Å². The maximum atomic E-state index is 13.1. The average Bonchev–Trinajstić information content (AvgIpc) is 0.907. The summed E-state index contributed by atoms with van der Waals surface area (Å²) in [4.78, 5) is 15.5. The summed E-state index contributed by atoms with van der Waals surface area (Å²) in [5.74, 6) is -7.47. The van der Waals surface area contributed by atoms with Gasteiger partial charge in [0.25, 0.3) is 50.6 Å². The number of aromatic hydroxyl groups is 3. The quantitative estimate of drug-likeness (QED) is 0.0265. The molecule has 0 bridgehead atoms. The largest absolute Gasteiger partial charge is 0.505 e. The number of anilines is 1. The number of carboxylic acids is 2. The molecule has 0 spiro atoms. The summed E-state index contributed by atoms with van der Waals surface area (Å²) in [7, 11) is -37.1. The molecule has 44 heteroatoms. The lowest BCUT2D eigenvalue weighted by Crippen LogP contribution is -2.13. The van der Waals surface area contributed by atoms with Crippen LogP contribution in [-0.2, 0) is 70.6 Å². The number of azo groups is 4. The van der Waals surface area contributed by atoms with Crippen molar-refractivity contribution in [1.82, 2.24) is 0 Å². The Bertz CT molecular complexity index is 5470. The van der Waals surface area contributed by atoms with Crippen molar-refractivity contribution in [3.8, 4) is 17.2 Å². The van der Waals surface area contributed by atoms with Crippen molar-refractivity contribution in [3.05, 3.63) is 102 Å². The number of hydrogen-bond donors (Lipinski definition) is 13. The van der Waals surface area contributed by atoms with E-state index in [4.69, 9.17) is 16.0 Å². The summed E-state index contributed by atoms with van der Waals surface area (Å²) in [6, 6.07) is 10.2. The third kappa shape index (κ3) is 12.8. The van der Waals surface area contributed by atoms with Crippen molar-refractivity contribution in [2.45, 2.75) is 34.3 Å². The van der Waals surface area contributed by atoms with Crippen LogP contribution in [0.25, 0.3) is 32.3 Å². The predicted octanol–water partition coefficient (Wildman–Crippen LogP) is 6.43. The zero-order chi connectivity index (χ0) is 65.5. The van der Waals surface area contributed by atoms with E-state index in [2.05, 4.69) is 40.9 Å². The van der Waals surface area contributed by atoms with Gasteiger partial charge in [-0.2, -0.15) is 47.2 Å². The minimum Gasteiger partial charge on any atom is -0.505 e. The summed E-state index contributed by atoms with van der Waals surface area (Å²) in [6.45, 7) is 0. The number of sulfonamides is 2. The van der Waals surface area contributed by atoms with Gasteiger partial charge in [0, 0.05) is 21.5 Å². The van der Waals surface area contributed by atoms with Crippen molar-refractivity contribution < 1.29 is 117 Å². The second kappa shape index (κ2) is 22.3. The van der Waals surface area contributed by atoms with Crippen LogP contribution in [0.4, 0.5) is 51.2 Å². The minimum atomic E-state index is -5.75. The third-order valence-corrected chi connectivity index (χ3v) is 18.2. The van der Waals surface area contributed by atoms with Gasteiger partial charge in [0.1, 0.15) is 64.3 Å². The lowest BCUT2D eigenvalue weighted by molar-refractivity contribution is 0.0686. The van der Waals surface area contributed by atoms with Crippen LogP contribution >= 0.6 is 0 Å². The van der Waals surface area contributed by atoms with Crippen molar-refractivity contribution in [1.29, 1.82) is 0 Å². The first-order valence-corrected chi connectivity index (χ1v) is 32.8. The molecule has 0 heterocycles. The smallest absolute Gasteiger partial charge is 0.338 e. The Morgan fingerprint density at radius 1 is 0.375 bits per heavy atom. The highest BCUT2D eigenvalue weighted by Gasteiger charge is 2.32. The molecule has 8 aromatic rings. The minimum absolute atomic E-state index is 0.292. The topological polar surface area (TPSA) is 652 Å². The Morgan fingerprint density at radius 3 is 1.23 bits per heavy atom. The van der Waals surface area contributed by atoms with E-state index in [-0.39, 0.29) is 10.8 Å². The van der Waals surface area contributed by atoms with Crippen molar-refractivity contribution in [2.75, 3.05) is 5.73 Å². The number of nitrogens with zero attached hydrogens (tertiary/aromatic N) is 8. The number of rotatable bonds is 17. The van der Waals surface area contributed by atoms with E-state index in [1.165, 1.54) is 0 Å². The molecule has 0 aromatic heterocycles. The molecule has 0 fully saturated rings. The van der Waals surface area contributed by atoms with Gasteiger partial charge in [0.2, 0.25) is 20.0 Å². The van der Waals surface area contributed by atoms with Gasteiger partial charge in [-0.25, -0.2) is 36.7 Å². The fourth-order valence-corrected chi connectivity index (χ4v) is 12.7. The van der Waals surface area contributed by atoms with Crippen LogP contribution in [0.5, 0.6) is 17.2 Å². The fourth-order valence-electron chi connectivity index (χ4n) is 8.14. The molecule has 0 amide bonds. The second-order valence-electron chi connectivity index (χ2n) is 17.6. The number of aromatic carboxylic acids is 2. The Morgan fingerprint density at radius 2 is 0.773 bits per heavy atom. The molecule has 0 aliphatic rings. The number of phenols is 3. The van der Waals surface area contributed by atoms with Crippen molar-refractivity contribution in [2.24, 2.45) is 51.2 Å². The summed E-state index contributed by atoms with van der Waals surface area (Å²) >= 11 is 0. The Labute approximate surface area is 490 Å². The van der Waals surface area contributed by atoms with Gasteiger partial charge in [-0.3, -0.25) is 22.8 Å². The fraction of sp³-hybridized carbons (Fsp3) is 0. The number of carbonyl (C=O) groups is 2. The molecule has 8 rings (SSSR count). The predicted molar refractivity (Wildman–Crippen MR) is 297 cm³/mol. The molecule has 0 atom stereocenters. The maximum Gasteiger partial charge on any atom is 0.338 e. The molecule has 0 unspecified atom stereocenters. The number of primary sulfonamides is 2. The standard InChI is InChI=1S/C44H31N11O26S7/c45-35-29(52-51-28-8-5-21-22(42(28)88(79,80)81)13-32(86(73,74)75)37(40(21)57)55-50-27-7-3-19(83(47,65)66)12-24(27)44(61)62)15-30(84(67,68)69)25-14-33(87(76,77)78)38(41(58)34(25)35)53-48-17-1-4-20-16(9-17)10-31(85(70,71)72)36(39(20)56)54-49-26-6-2-18(82(46,63)64)11-23(26)43(59)60/h1-15,56-58H,45H2,(H,59,60)(H,61,62)(H2,46,63,64)(H2,47,65,66)(H,67,68,69)(H,70,71,72)(H,73,74,75)(H,76,77,78)(H,79,80,81)/b52-51?,53-48-,54-49-,55-50-. The number of fused-ring (bicyclic) bond motifs is 3. The van der Waals surface area contributed by atoms with E-state index >= 15 is 0 Å². The zero-order valence-electron chi connectivity index (χ0n) is 42.3. The highest BCUT2D eigenvalue weighted by atomic mass is 32.2. The molecule has 0 aliphatic carbocycles. The maximum absolute atomic E-state index is 13.1. The summed E-state index contributed by atoms with van der Waals surface area (Å²) in [6.07, 6.45) is 0. The molecular formula is C44H31N11O26S7. The monoisotopic (exact) mass is 1350 g/mol. The van der Waals surface area contributed by atoms with Crippen LogP contribution in [-0.4, -0.2) is 119 Å². The van der Waals surface area contributed by atoms with Crippen LogP contribution in [0.15, 0.2) is 166 Å². The Balaban J connectivity index is 1.26. The molecule has 8 aromatic carbocycles. The lowest BCUT2D eigenvalue weighted by Gasteiger charge is -2.15. The molecule has 0 saturated carbocycles. The summed E-state index contributed by atoms with van der Waals surface area (Å²) in [5.41, 5.74) is -3.65. The first kappa shape index (κ1) is 64.4. The van der Waals surface area contributed by atoms with Crippen molar-refractivity contribution in [3.63, 3.8) is 0 Å². The number of nitrogen functional groups attached to an aromatic ring is 1. The normalized spacial score (nSPS) is 13.3. The van der Waals surface area contributed by atoms with E-state index in [0.717, 1.165) is 48.5 Å². The molecule has 88 heavy (non-hydrogen) atoms. The third-order valence-electron chi connectivity index (χ3n) is 12.0. The Kier molecular flexibility index (Phi) is 16.3. The van der Waals surface area contributed by atoms with Gasteiger partial charge in [-0.15, -0.1) is 35.8 Å². The van der Waals surface area contributed by atoms with Crippen LogP contribution in [0, 0.1) is 0 Å². The number of phenolic OH excluding ortho intramolecular Hbond substituents is 3. The molecular weight excluding hydrogens is 1320 g/mol. The van der Waals surface area contributed by atoms with Gasteiger partial charge in [-0.05, 0) is 96.4 Å². The lowest BCUT2D eigenvalue weighted by atomic mass is 10.0. The average molecular weight is 1350 g/mol. The Hall–Kier alpha value is -9.55. The SMILES string of the molecule is Nc1c(N=Nc2ccc3c(O)c(/N=N\c4ccc(S(N)(=O)=O)cc4C(=O)O)c(S(=O)(=O)O)cc3c2S(=O)(=O)O)cc(S(=O)(=O)O)c2cc(S(=O)(=O)O)c(/N=N\c3ccc4c(O)c(/N=N\c5ccc(S(N)(=O)=O)cc5C(=O)O)c(S(=O)(=O)O)cc4c3)c(O)c12. The van der Waals surface area contributed by atoms with Gasteiger partial charge < -0.3 is 31.3 Å². The molecule has 460 valence electrons. The number of carboxylic acid groups (broad SMARTS) is 2. The van der Waals surface area contributed by atoms with E-state index in [9.17, 15) is 117 Å². The molecule has 0 radical (unpaired) electrons. The van der Waals surface area contributed by atoms with Crippen LogP contribution < -0.4 is 16.0 Å². The van der Waals surface area contributed by atoms with Crippen LogP contribution in [0.3, 0.4) is 0 Å². The number of hydrogen-bond acceptors (Lipinski definition) is 28. The van der Waals surface area contributed by atoms with E-state index in [1.807, 2.05) is 0 Å². The summed E-state index contributed by atoms with van der Waals surface area (Å²) < 4.78 is 227. The van der Waals surface area contributed by atoms with E-state index < -0.39 is 218 Å². The first-order valence-electron chi connectivity index (χ1n) is 22.5. The zero-order valence-corrected chi connectivity index (χ0v) is 48.0. The molecule has 37 nitrogen and oxygen atoms in total. The highest BCUT2D eigenvalue weighted by Crippen LogP contribution is 2.51. The second-order valence-corrected chi connectivity index (χ2v) is 27.6. The van der Waals surface area contributed by atoms with Crippen LogP contribution in [0.1, 0.15) is 20.7 Å². The highest BCUT2D eigenvalue weighted by molar-refractivity contribution is 7.89. The van der Waals surface area contributed by atoms with Crippen molar-refractivity contribution >= 4 is 166 Å². The number of benzene rings is 8. The number of nitrogens with two attached hydrogens (primary N) is 3. The van der Waals surface area contributed by atoms with Crippen LogP contribution in [0.2, 0.25) is 0 Å². The van der Waals surface area contributed by atoms with Gasteiger partial charge >= 0.3 is 11.9 Å². The molecule has 0 saturated heterocycles. The molecule has 16 N–H and O–H groups in total. The van der Waals surface area contributed by atoms with Gasteiger partial charge in [0.05, 0.1) is 37.7 Å². The first-order chi connectivity index (χ1) is 40.4. The summed E-state index contributed by atoms with van der Waals surface area (Å²) in [5, 5.41) is 88.1. The molecule has 0 aliphatic heterocycles.